The second-order valence-corrected chi connectivity index (χ2v) is 6.49. The van der Waals surface area contributed by atoms with Crippen LogP contribution >= 0.6 is 23.2 Å². The fourth-order valence-electron chi connectivity index (χ4n) is 2.31. The summed E-state index contributed by atoms with van der Waals surface area (Å²) < 4.78 is 10.1. The largest absolute Gasteiger partial charge is 0.449 e. The zero-order valence-corrected chi connectivity index (χ0v) is 15.7. The summed E-state index contributed by atoms with van der Waals surface area (Å²) >= 11 is 12.0. The van der Waals surface area contributed by atoms with Gasteiger partial charge < -0.3 is 14.6 Å². The Labute approximate surface area is 155 Å². The van der Waals surface area contributed by atoms with Crippen molar-refractivity contribution in [2.75, 3.05) is 0 Å². The van der Waals surface area contributed by atoms with E-state index in [1.807, 2.05) is 0 Å². The highest BCUT2D eigenvalue weighted by Crippen LogP contribution is 2.26. The number of esters is 1. The maximum absolute atomic E-state index is 12.3. The van der Waals surface area contributed by atoms with Crippen LogP contribution in [-0.4, -0.2) is 23.1 Å². The molecule has 0 bridgehead atoms. The van der Waals surface area contributed by atoms with Crippen molar-refractivity contribution >= 4 is 35.1 Å². The Kier molecular flexibility index (Phi) is 6.08. The number of nitrogens with zero attached hydrogens (tertiary/aromatic N) is 1. The van der Waals surface area contributed by atoms with E-state index in [1.54, 1.807) is 39.0 Å². The fraction of sp³-hybridized carbons (Fsp3) is 0.353. The number of aromatic nitrogens is 1. The molecule has 8 heteroatoms. The van der Waals surface area contributed by atoms with E-state index in [1.165, 1.54) is 6.92 Å². The molecule has 2 aromatic rings. The third-order valence-electron chi connectivity index (χ3n) is 3.68. The van der Waals surface area contributed by atoms with E-state index >= 15 is 0 Å². The van der Waals surface area contributed by atoms with Crippen LogP contribution in [0.5, 0.6) is 0 Å². The van der Waals surface area contributed by atoms with Gasteiger partial charge in [0.15, 0.2) is 6.10 Å². The van der Waals surface area contributed by atoms with Crippen LogP contribution in [0.2, 0.25) is 10.0 Å². The molecule has 0 saturated heterocycles. The maximum atomic E-state index is 12.3. The zero-order chi connectivity index (χ0) is 18.7. The van der Waals surface area contributed by atoms with Crippen molar-refractivity contribution in [3.63, 3.8) is 0 Å². The Morgan fingerprint density at radius 2 is 1.92 bits per heavy atom. The lowest BCUT2D eigenvalue weighted by atomic mass is 10.1. The lowest BCUT2D eigenvalue weighted by Crippen LogP contribution is -2.37. The molecular weight excluding hydrogens is 367 g/mol. The molecule has 0 saturated carbocycles. The number of aryl methyl sites for hydroxylation is 2. The molecule has 1 N–H and O–H groups in total. The van der Waals surface area contributed by atoms with Crippen molar-refractivity contribution < 1.29 is 18.8 Å². The monoisotopic (exact) mass is 384 g/mol. The van der Waals surface area contributed by atoms with Crippen LogP contribution in [0.4, 0.5) is 0 Å². The Hall–Kier alpha value is -2.05. The summed E-state index contributed by atoms with van der Waals surface area (Å²) in [6.45, 7) is 6.49. The topological polar surface area (TPSA) is 81.4 Å². The average molecular weight is 385 g/mol. The van der Waals surface area contributed by atoms with Crippen LogP contribution in [0, 0.1) is 13.8 Å². The number of hydrogen-bond acceptors (Lipinski definition) is 5. The van der Waals surface area contributed by atoms with Gasteiger partial charge in [0.2, 0.25) is 0 Å². The molecule has 0 spiro atoms. The van der Waals surface area contributed by atoms with Gasteiger partial charge in [-0.25, -0.2) is 4.79 Å². The zero-order valence-electron chi connectivity index (χ0n) is 14.2. The smallest absolute Gasteiger partial charge is 0.344 e. The molecule has 2 rings (SSSR count). The summed E-state index contributed by atoms with van der Waals surface area (Å²) in [7, 11) is 0. The highest BCUT2D eigenvalue weighted by molar-refractivity contribution is 6.35. The number of nitrogens with one attached hydrogen (secondary N) is 1. The quantitative estimate of drug-likeness (QED) is 0.787. The summed E-state index contributed by atoms with van der Waals surface area (Å²) in [5, 5.41) is 7.40. The Balaban J connectivity index is 2.01. The highest BCUT2D eigenvalue weighted by atomic mass is 35.5. The number of halogens is 2. The third kappa shape index (κ3) is 4.52. The van der Waals surface area contributed by atoms with E-state index < -0.39 is 18.0 Å². The van der Waals surface area contributed by atoms with E-state index in [0.29, 0.717) is 27.1 Å². The predicted molar refractivity (Wildman–Crippen MR) is 93.9 cm³/mol. The SMILES string of the molecule is Cc1noc(C)c1C(=O)O[C@@H](C)C(=O)N[C@H](C)c1ccc(Cl)cc1Cl. The second-order valence-electron chi connectivity index (χ2n) is 5.64. The fourth-order valence-corrected chi connectivity index (χ4v) is 2.88. The first-order valence-electron chi connectivity index (χ1n) is 7.60. The van der Waals surface area contributed by atoms with Crippen molar-refractivity contribution in [1.29, 1.82) is 0 Å². The van der Waals surface area contributed by atoms with Crippen molar-refractivity contribution in [3.05, 3.63) is 50.8 Å². The molecule has 25 heavy (non-hydrogen) atoms. The van der Waals surface area contributed by atoms with Gasteiger partial charge in [-0.1, -0.05) is 34.4 Å². The molecule has 1 aromatic carbocycles. The molecule has 0 unspecified atom stereocenters. The first-order chi connectivity index (χ1) is 11.7. The van der Waals surface area contributed by atoms with Gasteiger partial charge in [-0.15, -0.1) is 0 Å². The molecule has 1 aromatic heterocycles. The number of rotatable bonds is 5. The minimum absolute atomic E-state index is 0.230. The number of benzene rings is 1. The van der Waals surface area contributed by atoms with E-state index in [9.17, 15) is 9.59 Å². The lowest BCUT2D eigenvalue weighted by molar-refractivity contribution is -0.129. The molecule has 1 amide bonds. The second kappa shape index (κ2) is 7.89. The standard InChI is InChI=1S/C17H18Cl2N2O4/c1-8(13-6-5-12(18)7-14(13)19)20-16(22)11(4)24-17(23)15-9(2)21-25-10(15)3/h5-8,11H,1-4H3,(H,20,22)/t8-,11+/m1/s1. The lowest BCUT2D eigenvalue weighted by Gasteiger charge is -2.19. The summed E-state index contributed by atoms with van der Waals surface area (Å²) in [5.74, 6) is -0.758. The van der Waals surface area contributed by atoms with Crippen LogP contribution in [0.3, 0.4) is 0 Å². The molecule has 1 heterocycles. The van der Waals surface area contributed by atoms with Gasteiger partial charge in [-0.2, -0.15) is 0 Å². The molecular formula is C17H18Cl2N2O4. The predicted octanol–water partition coefficient (Wildman–Crippen LogP) is 4.02. The van der Waals surface area contributed by atoms with Crippen LogP contribution in [0.1, 0.15) is 47.3 Å². The van der Waals surface area contributed by atoms with Gasteiger partial charge in [-0.3, -0.25) is 4.79 Å². The average Bonchev–Trinajstić information content (AvgIpc) is 2.85. The minimum atomic E-state index is -0.991. The summed E-state index contributed by atoms with van der Waals surface area (Å²) in [6.07, 6.45) is -0.991. The van der Waals surface area contributed by atoms with Crippen LogP contribution in [0.15, 0.2) is 22.7 Å². The van der Waals surface area contributed by atoms with Gasteiger partial charge in [0.05, 0.1) is 11.7 Å². The summed E-state index contributed by atoms with van der Waals surface area (Å²) in [4.78, 5) is 24.5. The summed E-state index contributed by atoms with van der Waals surface area (Å²) in [6, 6.07) is 4.64. The highest BCUT2D eigenvalue weighted by Gasteiger charge is 2.25. The third-order valence-corrected chi connectivity index (χ3v) is 4.24. The van der Waals surface area contributed by atoms with Crippen molar-refractivity contribution in [2.24, 2.45) is 0 Å². The van der Waals surface area contributed by atoms with E-state index in [0.717, 1.165) is 0 Å². The van der Waals surface area contributed by atoms with E-state index in [-0.39, 0.29) is 11.6 Å². The Bertz CT molecular complexity index is 784. The van der Waals surface area contributed by atoms with Gasteiger partial charge >= 0.3 is 5.97 Å². The van der Waals surface area contributed by atoms with Gasteiger partial charge in [0.1, 0.15) is 11.3 Å². The maximum Gasteiger partial charge on any atom is 0.344 e. The molecule has 0 fully saturated rings. The first-order valence-corrected chi connectivity index (χ1v) is 8.35. The van der Waals surface area contributed by atoms with Crippen molar-refractivity contribution in [2.45, 2.75) is 39.8 Å². The van der Waals surface area contributed by atoms with E-state index in [4.69, 9.17) is 32.5 Å². The van der Waals surface area contributed by atoms with Gasteiger partial charge in [0, 0.05) is 10.0 Å². The number of carbonyl (C=O) groups excluding carboxylic acids is 2. The molecule has 6 nitrogen and oxygen atoms in total. The number of hydrogen-bond donors (Lipinski definition) is 1. The Morgan fingerprint density at radius 3 is 2.48 bits per heavy atom. The van der Waals surface area contributed by atoms with Crippen LogP contribution in [0.25, 0.3) is 0 Å². The van der Waals surface area contributed by atoms with E-state index in [2.05, 4.69) is 10.5 Å². The van der Waals surface area contributed by atoms with Gasteiger partial charge in [0.25, 0.3) is 5.91 Å². The molecule has 134 valence electrons. The minimum Gasteiger partial charge on any atom is -0.449 e. The number of amides is 1. The molecule has 0 aliphatic rings. The molecule has 0 aliphatic carbocycles. The summed E-state index contributed by atoms with van der Waals surface area (Å²) in [5.41, 5.74) is 1.36. The molecule has 2 atom stereocenters. The van der Waals surface area contributed by atoms with Gasteiger partial charge in [-0.05, 0) is 45.4 Å². The molecule has 0 aliphatic heterocycles. The van der Waals surface area contributed by atoms with Crippen LogP contribution in [-0.2, 0) is 9.53 Å². The first kappa shape index (κ1) is 19.3. The van der Waals surface area contributed by atoms with Crippen LogP contribution < -0.4 is 5.32 Å². The Morgan fingerprint density at radius 1 is 1.24 bits per heavy atom. The number of ether oxygens (including phenoxy) is 1. The number of carbonyl (C=O) groups is 2. The van der Waals surface area contributed by atoms with Crippen molar-refractivity contribution in [3.8, 4) is 0 Å². The normalized spacial score (nSPS) is 13.2. The van der Waals surface area contributed by atoms with Crippen molar-refractivity contribution in [1.82, 2.24) is 10.5 Å². The molecule has 0 radical (unpaired) electrons.